The van der Waals surface area contributed by atoms with Crippen LogP contribution in [0.5, 0.6) is 5.75 Å². The Bertz CT molecular complexity index is 1230. The number of para-hydroxylation sites is 1. The Balaban J connectivity index is 1.65. The van der Waals surface area contributed by atoms with Gasteiger partial charge in [-0.3, -0.25) is 9.69 Å². The van der Waals surface area contributed by atoms with Gasteiger partial charge in [-0.15, -0.1) is 0 Å². The third-order valence-corrected chi connectivity index (χ3v) is 6.03. The van der Waals surface area contributed by atoms with Gasteiger partial charge in [0.25, 0.3) is 5.91 Å². The minimum absolute atomic E-state index is 0.0278. The van der Waals surface area contributed by atoms with E-state index in [1.807, 2.05) is 35.0 Å². The summed E-state index contributed by atoms with van der Waals surface area (Å²) in [7, 11) is 1.58. The minimum Gasteiger partial charge on any atom is -0.496 e. The van der Waals surface area contributed by atoms with Gasteiger partial charge in [0.1, 0.15) is 12.1 Å². The highest BCUT2D eigenvalue weighted by Gasteiger charge is 2.40. The van der Waals surface area contributed by atoms with Gasteiger partial charge in [0.15, 0.2) is 0 Å². The number of anilines is 1. The van der Waals surface area contributed by atoms with Gasteiger partial charge in [-0.2, -0.15) is 10.1 Å². The lowest BCUT2D eigenvalue weighted by Crippen LogP contribution is -2.42. The number of carbonyl (C=O) groups excluding carboxylic acids is 1. The summed E-state index contributed by atoms with van der Waals surface area (Å²) in [4.78, 5) is 20.2. The molecule has 0 saturated carbocycles. The Morgan fingerprint density at radius 2 is 1.59 bits per heavy atom. The minimum atomic E-state index is -0.198. The van der Waals surface area contributed by atoms with Crippen molar-refractivity contribution in [2.75, 3.05) is 12.0 Å². The highest BCUT2D eigenvalue weighted by Crippen LogP contribution is 2.43. The average Bonchev–Trinajstić information content (AvgIpc) is 3.33. The molecule has 0 saturated heterocycles. The van der Waals surface area contributed by atoms with Crippen molar-refractivity contribution in [1.29, 1.82) is 0 Å². The van der Waals surface area contributed by atoms with E-state index in [2.05, 4.69) is 53.4 Å². The van der Waals surface area contributed by atoms with Crippen LogP contribution in [0.25, 0.3) is 0 Å². The van der Waals surface area contributed by atoms with E-state index >= 15 is 0 Å². The molecule has 6 heteroatoms. The van der Waals surface area contributed by atoms with E-state index in [1.165, 1.54) is 11.9 Å². The summed E-state index contributed by atoms with van der Waals surface area (Å²) >= 11 is 0. The number of benzene rings is 3. The fourth-order valence-corrected chi connectivity index (χ4v) is 4.40. The van der Waals surface area contributed by atoms with Gasteiger partial charge in [0.05, 0.1) is 24.8 Å². The lowest BCUT2D eigenvalue weighted by molar-refractivity contribution is 0.0960. The van der Waals surface area contributed by atoms with Crippen LogP contribution in [0, 0.1) is 6.92 Å². The third kappa shape index (κ3) is 3.43. The monoisotopic (exact) mass is 424 g/mol. The molecule has 0 aliphatic carbocycles. The zero-order valence-electron chi connectivity index (χ0n) is 18.1. The Morgan fingerprint density at radius 1 is 0.906 bits per heavy atom. The van der Waals surface area contributed by atoms with E-state index < -0.39 is 0 Å². The molecule has 3 aromatic carbocycles. The van der Waals surface area contributed by atoms with Gasteiger partial charge in [-0.25, -0.2) is 4.68 Å². The van der Waals surface area contributed by atoms with Crippen LogP contribution >= 0.6 is 0 Å². The van der Waals surface area contributed by atoms with Gasteiger partial charge in [0, 0.05) is 0 Å². The van der Waals surface area contributed by atoms with Gasteiger partial charge in [-0.1, -0.05) is 72.3 Å². The molecule has 0 N–H and O–H groups in total. The normalized spacial score (nSPS) is 17.6. The number of nitrogens with zero attached hydrogens (tertiary/aromatic N) is 4. The first-order chi connectivity index (χ1) is 15.7. The van der Waals surface area contributed by atoms with Crippen molar-refractivity contribution in [3.05, 3.63) is 107 Å². The number of amides is 1. The molecule has 1 aliphatic rings. The predicted molar refractivity (Wildman–Crippen MR) is 123 cm³/mol. The molecule has 2 unspecified atom stereocenters. The predicted octanol–water partition coefficient (Wildman–Crippen LogP) is 4.98. The molecule has 0 fully saturated rings. The number of rotatable bonds is 4. The SMILES string of the molecule is COc1ccccc1C(=O)N1c2ncnn2C(c2ccc(C)cc2)CC1c1ccccc1. The largest absolute Gasteiger partial charge is 0.496 e. The highest BCUT2D eigenvalue weighted by atomic mass is 16.5. The summed E-state index contributed by atoms with van der Waals surface area (Å²) < 4.78 is 7.34. The summed E-state index contributed by atoms with van der Waals surface area (Å²) in [6, 6.07) is 25.6. The molecule has 0 bridgehead atoms. The maximum atomic E-state index is 13.9. The molecular formula is C26H24N4O2. The van der Waals surface area contributed by atoms with Crippen LogP contribution in [-0.4, -0.2) is 27.8 Å². The highest BCUT2D eigenvalue weighted by molar-refractivity contribution is 6.07. The number of aromatic nitrogens is 3. The van der Waals surface area contributed by atoms with E-state index in [4.69, 9.17) is 4.74 Å². The van der Waals surface area contributed by atoms with Crippen LogP contribution in [-0.2, 0) is 0 Å². The third-order valence-electron chi connectivity index (χ3n) is 6.03. The van der Waals surface area contributed by atoms with Crippen LogP contribution < -0.4 is 9.64 Å². The first-order valence-corrected chi connectivity index (χ1v) is 10.6. The molecule has 6 nitrogen and oxygen atoms in total. The van der Waals surface area contributed by atoms with Crippen LogP contribution in [0.2, 0.25) is 0 Å². The summed E-state index contributed by atoms with van der Waals surface area (Å²) in [5.41, 5.74) is 3.91. The fourth-order valence-electron chi connectivity index (χ4n) is 4.40. The Morgan fingerprint density at radius 3 is 2.34 bits per heavy atom. The van der Waals surface area contributed by atoms with Crippen molar-refractivity contribution < 1.29 is 9.53 Å². The van der Waals surface area contributed by atoms with Crippen LogP contribution in [0.1, 0.15) is 45.6 Å². The molecule has 1 aromatic heterocycles. The standard InChI is InChI=1S/C26H24N4O2/c1-18-12-14-20(15-13-18)23-16-22(19-8-4-3-5-9-19)29(26-27-17-28-30(23)26)25(31)21-10-6-7-11-24(21)32-2/h3-15,17,22-23H,16H2,1-2H3. The van der Waals surface area contributed by atoms with Gasteiger partial charge in [0.2, 0.25) is 5.95 Å². The second-order valence-corrected chi connectivity index (χ2v) is 7.97. The van der Waals surface area contributed by atoms with Crippen molar-refractivity contribution in [3.63, 3.8) is 0 Å². The van der Waals surface area contributed by atoms with E-state index in [-0.39, 0.29) is 18.0 Å². The second kappa shape index (κ2) is 8.30. The van der Waals surface area contributed by atoms with Crippen molar-refractivity contribution in [2.24, 2.45) is 0 Å². The van der Waals surface area contributed by atoms with Gasteiger partial charge >= 0.3 is 0 Å². The molecule has 32 heavy (non-hydrogen) atoms. The summed E-state index contributed by atoms with van der Waals surface area (Å²) in [5.74, 6) is 0.913. The smallest absolute Gasteiger partial charge is 0.264 e. The Hall–Kier alpha value is -3.93. The van der Waals surface area contributed by atoms with Crippen molar-refractivity contribution in [3.8, 4) is 5.75 Å². The van der Waals surface area contributed by atoms with Crippen LogP contribution in [0.3, 0.4) is 0 Å². The zero-order valence-corrected chi connectivity index (χ0v) is 18.1. The van der Waals surface area contributed by atoms with Crippen molar-refractivity contribution >= 4 is 11.9 Å². The average molecular weight is 425 g/mol. The lowest BCUT2D eigenvalue weighted by atomic mass is 9.91. The Kier molecular flexibility index (Phi) is 5.19. The molecule has 2 heterocycles. The van der Waals surface area contributed by atoms with Crippen LogP contribution in [0.4, 0.5) is 5.95 Å². The van der Waals surface area contributed by atoms with Crippen LogP contribution in [0.15, 0.2) is 85.2 Å². The maximum absolute atomic E-state index is 13.9. The first-order valence-electron chi connectivity index (χ1n) is 10.6. The maximum Gasteiger partial charge on any atom is 0.264 e. The number of hydrogen-bond donors (Lipinski definition) is 0. The van der Waals surface area contributed by atoms with E-state index in [0.29, 0.717) is 23.7 Å². The van der Waals surface area contributed by atoms with E-state index in [0.717, 1.165) is 11.1 Å². The van der Waals surface area contributed by atoms with Crippen molar-refractivity contribution in [2.45, 2.75) is 25.4 Å². The number of fused-ring (bicyclic) bond motifs is 1. The van der Waals surface area contributed by atoms with Crippen molar-refractivity contribution in [1.82, 2.24) is 14.8 Å². The fraction of sp³-hybridized carbons (Fsp3) is 0.192. The lowest BCUT2D eigenvalue weighted by Gasteiger charge is -2.39. The molecule has 0 radical (unpaired) electrons. The topological polar surface area (TPSA) is 60.2 Å². The summed E-state index contributed by atoms with van der Waals surface area (Å²) in [6.07, 6.45) is 2.21. The molecule has 5 rings (SSSR count). The van der Waals surface area contributed by atoms with E-state index in [1.54, 1.807) is 24.1 Å². The second-order valence-electron chi connectivity index (χ2n) is 7.97. The zero-order chi connectivity index (χ0) is 22.1. The molecule has 1 amide bonds. The molecular weight excluding hydrogens is 400 g/mol. The number of hydrogen-bond acceptors (Lipinski definition) is 4. The Labute approximate surface area is 187 Å². The number of ether oxygens (including phenoxy) is 1. The first kappa shape index (κ1) is 20.0. The quantitative estimate of drug-likeness (QED) is 0.464. The summed E-state index contributed by atoms with van der Waals surface area (Å²) in [6.45, 7) is 2.08. The van der Waals surface area contributed by atoms with Gasteiger partial charge in [-0.05, 0) is 36.6 Å². The summed E-state index contributed by atoms with van der Waals surface area (Å²) in [5, 5.41) is 4.51. The molecule has 1 aliphatic heterocycles. The van der Waals surface area contributed by atoms with Gasteiger partial charge < -0.3 is 4.74 Å². The number of carbonyl (C=O) groups is 1. The van der Waals surface area contributed by atoms with E-state index in [9.17, 15) is 4.79 Å². The molecule has 160 valence electrons. The number of aryl methyl sites for hydroxylation is 1. The number of methoxy groups -OCH3 is 1. The molecule has 4 aromatic rings. The molecule has 2 atom stereocenters. The molecule has 0 spiro atoms.